The number of amides is 2. The molecule has 2 amide bonds. The molecular formula is C26H30N4O3. The summed E-state index contributed by atoms with van der Waals surface area (Å²) in [6.07, 6.45) is 2.33. The van der Waals surface area contributed by atoms with Crippen molar-refractivity contribution in [3.05, 3.63) is 78.0 Å². The highest BCUT2D eigenvalue weighted by Crippen LogP contribution is 2.25. The summed E-state index contributed by atoms with van der Waals surface area (Å²) in [6.45, 7) is 4.33. The maximum atomic E-state index is 12.5. The molecular weight excluding hydrogens is 416 g/mol. The average Bonchev–Trinajstić information content (AvgIpc) is 2.82. The van der Waals surface area contributed by atoms with E-state index in [0.717, 1.165) is 23.1 Å². The molecule has 0 saturated heterocycles. The molecule has 0 aliphatic rings. The first kappa shape index (κ1) is 23.9. The summed E-state index contributed by atoms with van der Waals surface area (Å²) in [7, 11) is 0. The molecule has 3 aromatic rings. The van der Waals surface area contributed by atoms with Crippen LogP contribution in [0.3, 0.4) is 0 Å². The minimum absolute atomic E-state index is 0.0333. The number of pyridine rings is 1. The third-order valence-corrected chi connectivity index (χ3v) is 5.01. The van der Waals surface area contributed by atoms with Crippen LogP contribution in [0.5, 0.6) is 0 Å². The second-order valence-corrected chi connectivity index (χ2v) is 7.85. The molecule has 0 saturated carbocycles. The molecule has 4 N–H and O–H groups in total. The van der Waals surface area contributed by atoms with E-state index in [1.807, 2.05) is 55.5 Å². The van der Waals surface area contributed by atoms with Gasteiger partial charge in [-0.3, -0.25) is 9.59 Å². The van der Waals surface area contributed by atoms with Gasteiger partial charge in [0.2, 0.25) is 5.91 Å². The normalized spacial score (nSPS) is 11.5. The number of aliphatic hydroxyl groups is 1. The van der Waals surface area contributed by atoms with Crippen molar-refractivity contribution >= 4 is 23.3 Å². The van der Waals surface area contributed by atoms with Crippen LogP contribution in [-0.4, -0.2) is 34.6 Å². The molecule has 7 nitrogen and oxygen atoms in total. The lowest BCUT2D eigenvalue weighted by Crippen LogP contribution is -2.30. The molecule has 1 unspecified atom stereocenters. The largest absolute Gasteiger partial charge is 0.392 e. The van der Waals surface area contributed by atoms with Gasteiger partial charge in [0.15, 0.2) is 0 Å². The molecule has 172 valence electrons. The van der Waals surface area contributed by atoms with E-state index in [2.05, 4.69) is 20.9 Å². The van der Waals surface area contributed by atoms with Crippen LogP contribution in [0.15, 0.2) is 66.9 Å². The predicted octanol–water partition coefficient (Wildman–Crippen LogP) is 4.21. The van der Waals surface area contributed by atoms with E-state index in [1.165, 1.54) is 0 Å². The monoisotopic (exact) mass is 446 g/mol. The topological polar surface area (TPSA) is 103 Å². The van der Waals surface area contributed by atoms with Crippen molar-refractivity contribution in [3.63, 3.8) is 0 Å². The van der Waals surface area contributed by atoms with E-state index in [4.69, 9.17) is 0 Å². The Balaban J connectivity index is 1.69. The van der Waals surface area contributed by atoms with Gasteiger partial charge in [0, 0.05) is 31.3 Å². The molecule has 0 radical (unpaired) electrons. The van der Waals surface area contributed by atoms with E-state index in [1.54, 1.807) is 25.3 Å². The van der Waals surface area contributed by atoms with Gasteiger partial charge in [-0.05, 0) is 48.2 Å². The van der Waals surface area contributed by atoms with Crippen LogP contribution in [-0.2, 0) is 11.3 Å². The number of carbonyl (C=O) groups is 2. The van der Waals surface area contributed by atoms with Gasteiger partial charge < -0.3 is 21.1 Å². The van der Waals surface area contributed by atoms with Crippen LogP contribution < -0.4 is 16.0 Å². The van der Waals surface area contributed by atoms with Gasteiger partial charge in [-0.15, -0.1) is 0 Å². The number of aliphatic hydroxyl groups excluding tert-OH is 1. The van der Waals surface area contributed by atoms with Gasteiger partial charge in [0.05, 0.1) is 11.8 Å². The number of carbonyl (C=O) groups excluding carboxylic acids is 2. The number of aromatic nitrogens is 1. The summed E-state index contributed by atoms with van der Waals surface area (Å²) < 4.78 is 0. The van der Waals surface area contributed by atoms with Crippen molar-refractivity contribution in [1.82, 2.24) is 10.3 Å². The predicted molar refractivity (Wildman–Crippen MR) is 131 cm³/mol. The quantitative estimate of drug-likeness (QED) is 0.374. The van der Waals surface area contributed by atoms with Crippen LogP contribution in [0.25, 0.3) is 11.1 Å². The zero-order valence-corrected chi connectivity index (χ0v) is 19.0. The van der Waals surface area contributed by atoms with Gasteiger partial charge >= 0.3 is 0 Å². The summed E-state index contributed by atoms with van der Waals surface area (Å²) in [6, 6.07) is 18.9. The molecule has 0 aliphatic carbocycles. The van der Waals surface area contributed by atoms with Crippen molar-refractivity contribution in [2.75, 3.05) is 17.2 Å². The number of anilines is 2. The van der Waals surface area contributed by atoms with Crippen LogP contribution in [0.4, 0.5) is 11.5 Å². The van der Waals surface area contributed by atoms with Gasteiger partial charge in [-0.2, -0.15) is 0 Å². The van der Waals surface area contributed by atoms with Crippen LogP contribution in [0.1, 0.15) is 42.6 Å². The lowest BCUT2D eigenvalue weighted by molar-refractivity contribution is -0.116. The van der Waals surface area contributed by atoms with E-state index < -0.39 is 6.10 Å². The first-order valence-corrected chi connectivity index (χ1v) is 11.1. The standard InChI is InChI=1S/C26H30N4O3/c1-3-7-24(32)30-23-10-6-15-27-25(23)28-17-19-11-13-20(14-12-19)21-8-4-5-9-22(21)26(33)29-16-18(2)31/h4-6,8-15,18,31H,3,7,16-17H2,1-2H3,(H,27,28)(H,29,33)(H,30,32). The van der Waals surface area contributed by atoms with Gasteiger partial charge in [0.1, 0.15) is 5.82 Å². The highest BCUT2D eigenvalue weighted by molar-refractivity contribution is 6.00. The smallest absolute Gasteiger partial charge is 0.252 e. The number of benzene rings is 2. The molecule has 0 aliphatic heterocycles. The van der Waals surface area contributed by atoms with E-state index in [-0.39, 0.29) is 18.4 Å². The number of nitrogens with zero attached hydrogens (tertiary/aromatic N) is 1. The minimum Gasteiger partial charge on any atom is -0.392 e. The Bertz CT molecular complexity index is 1080. The second-order valence-electron chi connectivity index (χ2n) is 7.85. The van der Waals surface area contributed by atoms with Crippen LogP contribution >= 0.6 is 0 Å². The van der Waals surface area contributed by atoms with Crippen molar-refractivity contribution in [1.29, 1.82) is 0 Å². The first-order chi connectivity index (χ1) is 16.0. The Morgan fingerprint density at radius 1 is 1.03 bits per heavy atom. The second kappa shape index (κ2) is 11.8. The molecule has 33 heavy (non-hydrogen) atoms. The SMILES string of the molecule is CCCC(=O)Nc1cccnc1NCc1ccc(-c2ccccc2C(=O)NCC(C)O)cc1. The maximum absolute atomic E-state index is 12.5. The van der Waals surface area contributed by atoms with E-state index >= 15 is 0 Å². The molecule has 1 aromatic heterocycles. The maximum Gasteiger partial charge on any atom is 0.252 e. The van der Waals surface area contributed by atoms with E-state index in [0.29, 0.717) is 30.0 Å². The molecule has 7 heteroatoms. The number of hydrogen-bond donors (Lipinski definition) is 4. The fourth-order valence-electron chi connectivity index (χ4n) is 3.34. The summed E-state index contributed by atoms with van der Waals surface area (Å²) in [5.74, 6) is 0.366. The molecule has 0 bridgehead atoms. The average molecular weight is 447 g/mol. The highest BCUT2D eigenvalue weighted by atomic mass is 16.3. The third kappa shape index (κ3) is 6.89. The zero-order valence-electron chi connectivity index (χ0n) is 19.0. The summed E-state index contributed by atoms with van der Waals surface area (Å²) in [4.78, 5) is 28.8. The number of hydrogen-bond acceptors (Lipinski definition) is 5. The lowest BCUT2D eigenvalue weighted by Gasteiger charge is -2.13. The Labute approximate surface area is 194 Å². The van der Waals surface area contributed by atoms with Gasteiger partial charge in [-0.25, -0.2) is 4.98 Å². The molecule has 3 rings (SSSR count). The minimum atomic E-state index is -0.604. The molecule has 0 fully saturated rings. The fourth-order valence-corrected chi connectivity index (χ4v) is 3.34. The molecule has 1 atom stereocenters. The van der Waals surface area contributed by atoms with E-state index in [9.17, 15) is 14.7 Å². The first-order valence-electron chi connectivity index (χ1n) is 11.1. The molecule has 2 aromatic carbocycles. The number of nitrogens with one attached hydrogen (secondary N) is 3. The van der Waals surface area contributed by atoms with Crippen molar-refractivity contribution in [3.8, 4) is 11.1 Å². The Hall–Kier alpha value is -3.71. The number of rotatable bonds is 10. The summed E-state index contributed by atoms with van der Waals surface area (Å²) in [5.41, 5.74) is 4.00. The zero-order chi connectivity index (χ0) is 23.6. The lowest BCUT2D eigenvalue weighted by atomic mass is 9.98. The molecule has 1 heterocycles. The van der Waals surface area contributed by atoms with Crippen LogP contribution in [0.2, 0.25) is 0 Å². The Morgan fingerprint density at radius 2 is 1.79 bits per heavy atom. The third-order valence-electron chi connectivity index (χ3n) is 5.01. The fraction of sp³-hybridized carbons (Fsp3) is 0.269. The van der Waals surface area contributed by atoms with Crippen molar-refractivity contribution in [2.45, 2.75) is 39.3 Å². The summed E-state index contributed by atoms with van der Waals surface area (Å²) >= 11 is 0. The molecule has 0 spiro atoms. The van der Waals surface area contributed by atoms with Gasteiger partial charge in [0.25, 0.3) is 5.91 Å². The van der Waals surface area contributed by atoms with Crippen LogP contribution in [0, 0.1) is 0 Å². The van der Waals surface area contributed by atoms with Crippen molar-refractivity contribution in [2.24, 2.45) is 0 Å². The summed E-state index contributed by atoms with van der Waals surface area (Å²) in [5, 5.41) is 18.4. The Morgan fingerprint density at radius 3 is 2.52 bits per heavy atom. The highest BCUT2D eigenvalue weighted by Gasteiger charge is 2.13. The Kier molecular flexibility index (Phi) is 8.55. The van der Waals surface area contributed by atoms with Crippen molar-refractivity contribution < 1.29 is 14.7 Å². The van der Waals surface area contributed by atoms with Gasteiger partial charge in [-0.1, -0.05) is 49.4 Å².